The standard InChI is InChI=1S/C8H13N3O2S/c1-3-13-7(12)5-11-8(9)6(14-2)4-10-11/h4H,3,5,9H2,1-2H3. The Morgan fingerprint density at radius 3 is 3.00 bits per heavy atom. The highest BCUT2D eigenvalue weighted by Gasteiger charge is 2.10. The third-order valence-electron chi connectivity index (χ3n) is 1.65. The zero-order chi connectivity index (χ0) is 10.6. The number of anilines is 1. The Balaban J connectivity index is 2.67. The summed E-state index contributed by atoms with van der Waals surface area (Å²) in [4.78, 5) is 12.0. The van der Waals surface area contributed by atoms with E-state index in [2.05, 4.69) is 5.10 Å². The fourth-order valence-electron chi connectivity index (χ4n) is 0.990. The summed E-state index contributed by atoms with van der Waals surface area (Å²) in [5, 5.41) is 3.98. The van der Waals surface area contributed by atoms with Crippen LogP contribution in [0.1, 0.15) is 6.92 Å². The summed E-state index contributed by atoms with van der Waals surface area (Å²) in [5.41, 5.74) is 5.73. The molecule has 2 N–H and O–H groups in total. The smallest absolute Gasteiger partial charge is 0.327 e. The third-order valence-corrected chi connectivity index (χ3v) is 2.40. The van der Waals surface area contributed by atoms with Crippen molar-refractivity contribution in [1.29, 1.82) is 0 Å². The van der Waals surface area contributed by atoms with Crippen LogP contribution in [0.4, 0.5) is 5.82 Å². The fraction of sp³-hybridized carbons (Fsp3) is 0.500. The number of thioether (sulfide) groups is 1. The quantitative estimate of drug-likeness (QED) is 0.593. The van der Waals surface area contributed by atoms with Gasteiger partial charge in [-0.3, -0.25) is 4.79 Å². The number of ether oxygens (including phenoxy) is 1. The average molecular weight is 215 g/mol. The molecule has 0 spiro atoms. The SMILES string of the molecule is CCOC(=O)Cn1ncc(SC)c1N. The molecule has 0 aliphatic rings. The van der Waals surface area contributed by atoms with Gasteiger partial charge in [0, 0.05) is 0 Å². The number of hydrogen-bond acceptors (Lipinski definition) is 5. The lowest BCUT2D eigenvalue weighted by atomic mass is 10.6. The minimum absolute atomic E-state index is 0.0697. The zero-order valence-electron chi connectivity index (χ0n) is 8.19. The van der Waals surface area contributed by atoms with Crippen LogP contribution >= 0.6 is 11.8 Å². The minimum atomic E-state index is -0.324. The molecule has 78 valence electrons. The van der Waals surface area contributed by atoms with E-state index < -0.39 is 0 Å². The number of carbonyl (C=O) groups is 1. The lowest BCUT2D eigenvalue weighted by Crippen LogP contribution is -2.16. The molecule has 0 radical (unpaired) electrons. The van der Waals surface area contributed by atoms with E-state index >= 15 is 0 Å². The van der Waals surface area contributed by atoms with Gasteiger partial charge in [-0.25, -0.2) is 4.68 Å². The van der Waals surface area contributed by atoms with E-state index in [1.165, 1.54) is 16.4 Å². The highest BCUT2D eigenvalue weighted by molar-refractivity contribution is 7.98. The molecule has 14 heavy (non-hydrogen) atoms. The van der Waals surface area contributed by atoms with Gasteiger partial charge >= 0.3 is 5.97 Å². The van der Waals surface area contributed by atoms with E-state index in [-0.39, 0.29) is 12.5 Å². The maximum absolute atomic E-state index is 11.1. The Bertz CT molecular complexity index is 324. The van der Waals surface area contributed by atoms with Gasteiger partial charge in [0.15, 0.2) is 0 Å². The van der Waals surface area contributed by atoms with Crippen molar-refractivity contribution in [3.8, 4) is 0 Å². The second-order valence-electron chi connectivity index (χ2n) is 2.56. The Morgan fingerprint density at radius 1 is 1.79 bits per heavy atom. The van der Waals surface area contributed by atoms with Crippen molar-refractivity contribution in [3.05, 3.63) is 6.20 Å². The summed E-state index contributed by atoms with van der Waals surface area (Å²) >= 11 is 1.50. The van der Waals surface area contributed by atoms with Crippen LogP contribution in [0.15, 0.2) is 11.1 Å². The predicted molar refractivity (Wildman–Crippen MR) is 55.1 cm³/mol. The number of hydrogen-bond donors (Lipinski definition) is 1. The van der Waals surface area contributed by atoms with Crippen molar-refractivity contribution >= 4 is 23.5 Å². The summed E-state index contributed by atoms with van der Waals surface area (Å²) in [6.45, 7) is 2.20. The van der Waals surface area contributed by atoms with Gasteiger partial charge in [-0.1, -0.05) is 0 Å². The Hall–Kier alpha value is -1.17. The lowest BCUT2D eigenvalue weighted by Gasteiger charge is -2.03. The average Bonchev–Trinajstić information content (AvgIpc) is 2.48. The largest absolute Gasteiger partial charge is 0.465 e. The molecule has 0 aromatic carbocycles. The molecule has 0 fully saturated rings. The summed E-state index contributed by atoms with van der Waals surface area (Å²) in [6.07, 6.45) is 3.54. The van der Waals surface area contributed by atoms with Crippen LogP contribution < -0.4 is 5.73 Å². The molecular weight excluding hydrogens is 202 g/mol. The van der Waals surface area contributed by atoms with Gasteiger partial charge in [0.05, 0.1) is 17.7 Å². The third kappa shape index (κ3) is 2.41. The molecule has 0 aliphatic carbocycles. The van der Waals surface area contributed by atoms with E-state index in [1.54, 1.807) is 13.1 Å². The first-order valence-corrected chi connectivity index (χ1v) is 5.42. The van der Waals surface area contributed by atoms with E-state index in [0.29, 0.717) is 12.4 Å². The van der Waals surface area contributed by atoms with Crippen LogP contribution in [0, 0.1) is 0 Å². The number of nitrogens with zero attached hydrogens (tertiary/aromatic N) is 2. The normalized spacial score (nSPS) is 10.1. The number of nitrogens with two attached hydrogens (primary N) is 1. The van der Waals surface area contributed by atoms with E-state index in [1.807, 2.05) is 6.26 Å². The number of carbonyl (C=O) groups excluding carboxylic acids is 1. The Labute approximate surface area is 86.6 Å². The van der Waals surface area contributed by atoms with Gasteiger partial charge in [0.25, 0.3) is 0 Å². The first-order chi connectivity index (χ1) is 6.69. The van der Waals surface area contributed by atoms with Crippen molar-refractivity contribution in [2.45, 2.75) is 18.4 Å². The molecule has 1 heterocycles. The van der Waals surface area contributed by atoms with Gasteiger partial charge in [0.2, 0.25) is 0 Å². The maximum Gasteiger partial charge on any atom is 0.327 e. The van der Waals surface area contributed by atoms with Crippen molar-refractivity contribution in [2.24, 2.45) is 0 Å². The van der Waals surface area contributed by atoms with Crippen molar-refractivity contribution in [3.63, 3.8) is 0 Å². The molecule has 1 rings (SSSR count). The highest BCUT2D eigenvalue weighted by Crippen LogP contribution is 2.21. The summed E-state index contributed by atoms with van der Waals surface area (Å²) < 4.78 is 6.22. The number of aromatic nitrogens is 2. The molecule has 0 unspecified atom stereocenters. The molecule has 0 bridgehead atoms. The van der Waals surface area contributed by atoms with Crippen molar-refractivity contribution in [2.75, 3.05) is 18.6 Å². The number of rotatable bonds is 4. The molecule has 0 saturated heterocycles. The van der Waals surface area contributed by atoms with Crippen molar-refractivity contribution < 1.29 is 9.53 Å². The highest BCUT2D eigenvalue weighted by atomic mass is 32.2. The lowest BCUT2D eigenvalue weighted by molar-refractivity contribution is -0.144. The Morgan fingerprint density at radius 2 is 2.50 bits per heavy atom. The molecule has 5 nitrogen and oxygen atoms in total. The van der Waals surface area contributed by atoms with E-state index in [9.17, 15) is 4.79 Å². The topological polar surface area (TPSA) is 70.1 Å². The number of nitrogen functional groups attached to an aromatic ring is 1. The maximum atomic E-state index is 11.1. The first kappa shape index (κ1) is 10.9. The van der Waals surface area contributed by atoms with Crippen LogP contribution in [-0.4, -0.2) is 28.6 Å². The predicted octanol–water partition coefficient (Wildman–Crippen LogP) is 0.750. The van der Waals surface area contributed by atoms with Crippen LogP contribution in [0.25, 0.3) is 0 Å². The zero-order valence-corrected chi connectivity index (χ0v) is 9.00. The summed E-state index contributed by atoms with van der Waals surface area (Å²) in [5.74, 6) is 0.181. The minimum Gasteiger partial charge on any atom is -0.465 e. The summed E-state index contributed by atoms with van der Waals surface area (Å²) in [7, 11) is 0. The van der Waals surface area contributed by atoms with Crippen LogP contribution in [0.2, 0.25) is 0 Å². The first-order valence-electron chi connectivity index (χ1n) is 4.20. The molecule has 1 aromatic rings. The number of esters is 1. The van der Waals surface area contributed by atoms with Crippen molar-refractivity contribution in [1.82, 2.24) is 9.78 Å². The van der Waals surface area contributed by atoms with Crippen LogP contribution in [0.3, 0.4) is 0 Å². The Kier molecular flexibility index (Phi) is 3.82. The van der Waals surface area contributed by atoms with E-state index in [4.69, 9.17) is 10.5 Å². The van der Waals surface area contributed by atoms with Gasteiger partial charge in [-0.05, 0) is 13.2 Å². The molecular formula is C8H13N3O2S. The molecule has 0 amide bonds. The molecule has 1 aromatic heterocycles. The second-order valence-corrected chi connectivity index (χ2v) is 3.41. The molecule has 0 aliphatic heterocycles. The summed E-state index contributed by atoms with van der Waals surface area (Å²) in [6, 6.07) is 0. The molecule has 0 atom stereocenters. The second kappa shape index (κ2) is 4.90. The van der Waals surface area contributed by atoms with E-state index in [0.717, 1.165) is 4.90 Å². The van der Waals surface area contributed by atoms with Crippen LogP contribution in [-0.2, 0) is 16.1 Å². The van der Waals surface area contributed by atoms with Crippen LogP contribution in [0.5, 0.6) is 0 Å². The van der Waals surface area contributed by atoms with Gasteiger partial charge in [0.1, 0.15) is 12.4 Å². The molecule has 6 heteroatoms. The fourth-order valence-corrected chi connectivity index (χ4v) is 1.46. The van der Waals surface area contributed by atoms with Gasteiger partial charge in [-0.15, -0.1) is 11.8 Å². The monoisotopic (exact) mass is 215 g/mol. The molecule has 0 saturated carbocycles. The van der Waals surface area contributed by atoms with Gasteiger partial charge < -0.3 is 10.5 Å². The van der Waals surface area contributed by atoms with Gasteiger partial charge in [-0.2, -0.15) is 5.10 Å².